The van der Waals surface area contributed by atoms with Crippen molar-refractivity contribution < 1.29 is 41.0 Å². The predicted molar refractivity (Wildman–Crippen MR) is 104 cm³/mol. The van der Waals surface area contributed by atoms with Crippen LogP contribution in [-0.2, 0) is 4.79 Å². The molecule has 0 radical (unpaired) electrons. The third-order valence-electron chi connectivity index (χ3n) is 5.28. The van der Waals surface area contributed by atoms with Crippen LogP contribution in [0.5, 0.6) is 0 Å². The molecule has 1 aromatic heterocycles. The lowest BCUT2D eigenvalue weighted by Crippen LogP contribution is -2.44. The summed E-state index contributed by atoms with van der Waals surface area (Å²) in [5.74, 6) is -4.54. The molecule has 1 saturated heterocycles. The van der Waals surface area contributed by atoms with Crippen molar-refractivity contribution in [3.05, 3.63) is 40.6 Å². The molecule has 32 heavy (non-hydrogen) atoms. The van der Waals surface area contributed by atoms with Crippen LogP contribution in [0.3, 0.4) is 0 Å². The van der Waals surface area contributed by atoms with Crippen LogP contribution in [0.2, 0.25) is 0 Å². The Balaban J connectivity index is 0.000000451. The molecule has 1 amide bonds. The van der Waals surface area contributed by atoms with E-state index in [9.17, 15) is 31.1 Å². The van der Waals surface area contributed by atoms with Crippen LogP contribution in [-0.4, -0.2) is 52.3 Å². The van der Waals surface area contributed by atoms with Crippen molar-refractivity contribution in [1.29, 1.82) is 0 Å². The third kappa shape index (κ3) is 5.89. The molecule has 1 N–H and O–H groups in total. The van der Waals surface area contributed by atoms with E-state index >= 15 is 0 Å². The SMILES string of the molecule is Cc1cc(C(=O)N2CCCC(C(F)(F)F)C2)c2ccc(C)c(C)c2n1.O=C(O)C(F)(F)F. The molecule has 0 bridgehead atoms. The predicted octanol–water partition coefficient (Wildman–Crippen LogP) is 5.21. The van der Waals surface area contributed by atoms with Crippen LogP contribution in [0.25, 0.3) is 10.9 Å². The number of aryl methyl sites for hydroxylation is 3. The zero-order valence-electron chi connectivity index (χ0n) is 17.6. The van der Waals surface area contributed by atoms with Crippen LogP contribution >= 0.6 is 0 Å². The van der Waals surface area contributed by atoms with Gasteiger partial charge in [0, 0.05) is 24.2 Å². The molecule has 0 aliphatic carbocycles. The average molecular weight is 464 g/mol. The molecular weight excluding hydrogens is 442 g/mol. The highest BCUT2D eigenvalue weighted by atomic mass is 19.4. The van der Waals surface area contributed by atoms with Crippen LogP contribution < -0.4 is 0 Å². The Kier molecular flexibility index (Phi) is 7.41. The van der Waals surface area contributed by atoms with Crippen LogP contribution in [0.1, 0.15) is 40.0 Å². The second-order valence-electron chi connectivity index (χ2n) is 7.65. The lowest BCUT2D eigenvalue weighted by Gasteiger charge is -2.34. The number of alkyl halides is 6. The second-order valence-corrected chi connectivity index (χ2v) is 7.65. The first kappa shape index (κ1) is 25.4. The van der Waals surface area contributed by atoms with Gasteiger partial charge in [0.1, 0.15) is 0 Å². The number of carbonyl (C=O) groups excluding carboxylic acids is 1. The van der Waals surface area contributed by atoms with Gasteiger partial charge < -0.3 is 10.0 Å². The Hall–Kier alpha value is -2.85. The number of nitrogens with zero attached hydrogens (tertiary/aromatic N) is 2. The first-order chi connectivity index (χ1) is 14.6. The molecule has 0 saturated carbocycles. The molecule has 5 nitrogen and oxygen atoms in total. The number of carbonyl (C=O) groups is 2. The van der Waals surface area contributed by atoms with Gasteiger partial charge in [0.2, 0.25) is 0 Å². The Morgan fingerprint density at radius 2 is 1.69 bits per heavy atom. The minimum absolute atomic E-state index is 0.0850. The lowest BCUT2D eigenvalue weighted by molar-refractivity contribution is -0.192. The number of amides is 1. The summed E-state index contributed by atoms with van der Waals surface area (Å²) >= 11 is 0. The number of aromatic nitrogens is 1. The Labute approximate surface area is 180 Å². The highest BCUT2D eigenvalue weighted by molar-refractivity contribution is 6.07. The fourth-order valence-corrected chi connectivity index (χ4v) is 3.43. The largest absolute Gasteiger partial charge is 0.490 e. The molecule has 1 aromatic carbocycles. The molecule has 1 fully saturated rings. The summed E-state index contributed by atoms with van der Waals surface area (Å²) in [5, 5.41) is 7.83. The Morgan fingerprint density at radius 1 is 1.09 bits per heavy atom. The number of aliphatic carboxylic acids is 1. The van der Waals surface area contributed by atoms with E-state index in [1.54, 1.807) is 13.0 Å². The van der Waals surface area contributed by atoms with Crippen molar-refractivity contribution in [2.24, 2.45) is 5.92 Å². The summed E-state index contributed by atoms with van der Waals surface area (Å²) in [7, 11) is 0. The fourth-order valence-electron chi connectivity index (χ4n) is 3.43. The van der Waals surface area contributed by atoms with Crippen LogP contribution in [0.4, 0.5) is 26.3 Å². The third-order valence-corrected chi connectivity index (χ3v) is 5.28. The summed E-state index contributed by atoms with van der Waals surface area (Å²) in [6.07, 6.45) is -8.89. The lowest BCUT2D eigenvalue weighted by atomic mass is 9.95. The van der Waals surface area contributed by atoms with Gasteiger partial charge in [-0.25, -0.2) is 4.79 Å². The molecule has 1 unspecified atom stereocenters. The number of carboxylic acids is 1. The number of rotatable bonds is 1. The van der Waals surface area contributed by atoms with Crippen molar-refractivity contribution in [2.75, 3.05) is 13.1 Å². The normalized spacial score (nSPS) is 17.0. The van der Waals surface area contributed by atoms with E-state index in [0.29, 0.717) is 29.6 Å². The number of carboxylic acid groups (broad SMARTS) is 1. The van der Waals surface area contributed by atoms with Gasteiger partial charge in [0.25, 0.3) is 5.91 Å². The van der Waals surface area contributed by atoms with Crippen molar-refractivity contribution in [1.82, 2.24) is 9.88 Å². The van der Waals surface area contributed by atoms with E-state index in [-0.39, 0.29) is 18.9 Å². The van der Waals surface area contributed by atoms with E-state index in [1.807, 2.05) is 26.0 Å². The smallest absolute Gasteiger partial charge is 0.475 e. The molecule has 0 spiro atoms. The highest BCUT2D eigenvalue weighted by Gasteiger charge is 2.43. The molecular formula is C21H22F6N2O3. The number of hydrogen-bond acceptors (Lipinski definition) is 3. The highest BCUT2D eigenvalue weighted by Crippen LogP contribution is 2.34. The first-order valence-electron chi connectivity index (χ1n) is 9.66. The maximum absolute atomic E-state index is 13.0. The van der Waals surface area contributed by atoms with Crippen LogP contribution in [0.15, 0.2) is 18.2 Å². The molecule has 2 heterocycles. The second kappa shape index (κ2) is 9.33. The van der Waals surface area contributed by atoms with E-state index in [2.05, 4.69) is 4.98 Å². The monoisotopic (exact) mass is 464 g/mol. The van der Waals surface area contributed by atoms with Gasteiger partial charge in [-0.2, -0.15) is 26.3 Å². The van der Waals surface area contributed by atoms with E-state index in [1.165, 1.54) is 4.90 Å². The van der Waals surface area contributed by atoms with Gasteiger partial charge in [0.15, 0.2) is 0 Å². The Bertz CT molecular complexity index is 1020. The van der Waals surface area contributed by atoms with Gasteiger partial charge in [0.05, 0.1) is 17.0 Å². The summed E-state index contributed by atoms with van der Waals surface area (Å²) in [6, 6.07) is 5.43. The van der Waals surface area contributed by atoms with Gasteiger partial charge in [-0.15, -0.1) is 0 Å². The zero-order chi connectivity index (χ0) is 24.4. The molecule has 1 aliphatic heterocycles. The zero-order valence-corrected chi connectivity index (χ0v) is 17.6. The van der Waals surface area contributed by atoms with Crippen molar-refractivity contribution in [2.45, 2.75) is 46.0 Å². The van der Waals surface area contributed by atoms with Crippen molar-refractivity contribution in [3.63, 3.8) is 0 Å². The van der Waals surface area contributed by atoms with E-state index in [4.69, 9.17) is 9.90 Å². The number of hydrogen-bond donors (Lipinski definition) is 1. The van der Waals surface area contributed by atoms with Gasteiger partial charge >= 0.3 is 18.3 Å². The number of fused-ring (bicyclic) bond motifs is 1. The van der Waals surface area contributed by atoms with Crippen molar-refractivity contribution >= 4 is 22.8 Å². The van der Waals surface area contributed by atoms with Gasteiger partial charge in [-0.3, -0.25) is 9.78 Å². The maximum atomic E-state index is 13.0. The van der Waals surface area contributed by atoms with E-state index < -0.39 is 24.2 Å². The number of benzene rings is 1. The minimum Gasteiger partial charge on any atom is -0.475 e. The number of pyridine rings is 1. The van der Waals surface area contributed by atoms with Crippen molar-refractivity contribution in [3.8, 4) is 0 Å². The minimum atomic E-state index is -5.08. The average Bonchev–Trinajstić information content (AvgIpc) is 2.69. The summed E-state index contributed by atoms with van der Waals surface area (Å²) in [6.45, 7) is 5.81. The molecule has 176 valence electrons. The van der Waals surface area contributed by atoms with Gasteiger partial charge in [-0.05, 0) is 50.8 Å². The summed E-state index contributed by atoms with van der Waals surface area (Å²) < 4.78 is 70.9. The quantitative estimate of drug-likeness (QED) is 0.589. The molecule has 2 aromatic rings. The Morgan fingerprint density at radius 3 is 2.22 bits per heavy atom. The number of halogens is 6. The molecule has 3 rings (SSSR count). The van der Waals surface area contributed by atoms with Gasteiger partial charge in [-0.1, -0.05) is 12.1 Å². The topological polar surface area (TPSA) is 70.5 Å². The van der Waals surface area contributed by atoms with E-state index in [0.717, 1.165) is 16.6 Å². The number of piperidine rings is 1. The summed E-state index contributed by atoms with van der Waals surface area (Å²) in [5.41, 5.74) is 3.93. The molecule has 11 heteroatoms. The number of likely N-dealkylation sites (tertiary alicyclic amines) is 1. The fraction of sp³-hybridized carbons (Fsp3) is 0.476. The molecule has 1 atom stereocenters. The maximum Gasteiger partial charge on any atom is 0.490 e. The van der Waals surface area contributed by atoms with Crippen LogP contribution in [0, 0.1) is 26.7 Å². The first-order valence-corrected chi connectivity index (χ1v) is 9.66. The molecule has 1 aliphatic rings. The summed E-state index contributed by atoms with van der Waals surface area (Å²) in [4.78, 5) is 27.7. The standard InChI is InChI=1S/C19H21F3N2O.C2HF3O2/c1-11-6-7-15-16(9-12(2)23-17(15)13(11)3)18(25)24-8-4-5-14(10-24)19(20,21)22;3-2(4,5)1(6)7/h6-7,9,14H,4-5,8,10H2,1-3H3;(H,6,7).